The summed E-state index contributed by atoms with van der Waals surface area (Å²) in [4.78, 5) is 3.77. The Kier molecular flexibility index (Phi) is 3.84. The summed E-state index contributed by atoms with van der Waals surface area (Å²) in [6, 6.07) is 6.10. The molecule has 0 radical (unpaired) electrons. The molecule has 0 fully saturated rings. The third-order valence-corrected chi connectivity index (χ3v) is 1.59. The van der Waals surface area contributed by atoms with Crippen molar-refractivity contribution in [1.29, 1.82) is 0 Å². The van der Waals surface area contributed by atoms with Gasteiger partial charge in [-0.25, -0.2) is 4.99 Å². The first kappa shape index (κ1) is 11.2. The van der Waals surface area contributed by atoms with E-state index in [1.807, 2.05) is 0 Å². The summed E-state index contributed by atoms with van der Waals surface area (Å²) in [6.07, 6.45) is 0. The van der Waals surface area contributed by atoms with Gasteiger partial charge in [-0.1, -0.05) is 12.1 Å². The number of halogens is 2. The maximum absolute atomic E-state index is 11.8. The fourth-order valence-electron chi connectivity index (χ4n) is 0.959. The van der Waals surface area contributed by atoms with Crippen molar-refractivity contribution in [1.82, 2.24) is 0 Å². The number of hydrogen-bond acceptors (Lipinski definition) is 2. The van der Waals surface area contributed by atoms with Crippen LogP contribution in [0.4, 0.5) is 8.78 Å². The molecule has 0 aliphatic carbocycles. The van der Waals surface area contributed by atoms with Gasteiger partial charge in [-0.15, -0.1) is 0 Å². The molecule has 4 N–H and O–H groups in total. The molecular formula is C9H11F2N3O. The lowest BCUT2D eigenvalue weighted by atomic mass is 10.2. The van der Waals surface area contributed by atoms with Crippen LogP contribution < -0.4 is 16.2 Å². The minimum absolute atomic E-state index is 0.0112. The van der Waals surface area contributed by atoms with E-state index in [4.69, 9.17) is 11.5 Å². The molecule has 6 heteroatoms. The Labute approximate surface area is 85.5 Å². The first-order chi connectivity index (χ1) is 7.08. The zero-order valence-corrected chi connectivity index (χ0v) is 7.86. The molecule has 0 aliphatic heterocycles. The van der Waals surface area contributed by atoms with E-state index in [1.54, 1.807) is 12.1 Å². The fraction of sp³-hybridized carbons (Fsp3) is 0.222. The fourth-order valence-corrected chi connectivity index (χ4v) is 0.959. The van der Waals surface area contributed by atoms with Crippen LogP contribution in [0.25, 0.3) is 0 Å². The van der Waals surface area contributed by atoms with Crippen LogP contribution in [-0.2, 0) is 6.54 Å². The van der Waals surface area contributed by atoms with Crippen molar-refractivity contribution in [2.45, 2.75) is 13.2 Å². The van der Waals surface area contributed by atoms with E-state index in [9.17, 15) is 8.78 Å². The van der Waals surface area contributed by atoms with Gasteiger partial charge in [0, 0.05) is 0 Å². The van der Waals surface area contributed by atoms with Gasteiger partial charge in [-0.05, 0) is 17.7 Å². The summed E-state index contributed by atoms with van der Waals surface area (Å²) in [6.45, 7) is -2.49. The second kappa shape index (κ2) is 5.14. The maximum atomic E-state index is 11.8. The van der Waals surface area contributed by atoms with Gasteiger partial charge < -0.3 is 16.2 Å². The number of hydrogen-bond donors (Lipinski definition) is 2. The molecular weight excluding hydrogens is 204 g/mol. The molecule has 4 nitrogen and oxygen atoms in total. The number of rotatable bonds is 4. The van der Waals surface area contributed by atoms with E-state index in [0.29, 0.717) is 6.54 Å². The molecule has 1 rings (SSSR count). The molecule has 0 atom stereocenters. The van der Waals surface area contributed by atoms with Crippen LogP contribution in [0.3, 0.4) is 0 Å². The molecule has 0 bridgehead atoms. The molecule has 1 aromatic carbocycles. The third-order valence-electron chi connectivity index (χ3n) is 1.59. The molecule has 0 saturated carbocycles. The normalized spacial score (nSPS) is 10.1. The van der Waals surface area contributed by atoms with Crippen molar-refractivity contribution in [2.75, 3.05) is 0 Å². The smallest absolute Gasteiger partial charge is 0.387 e. The third kappa shape index (κ3) is 4.26. The van der Waals surface area contributed by atoms with Crippen molar-refractivity contribution in [3.63, 3.8) is 0 Å². The number of aliphatic imine (C=N–C) groups is 1. The van der Waals surface area contributed by atoms with Crippen molar-refractivity contribution >= 4 is 5.96 Å². The number of nitrogens with two attached hydrogens (primary N) is 2. The second-order valence-corrected chi connectivity index (χ2v) is 2.76. The van der Waals surface area contributed by atoms with Crippen LogP contribution in [0, 0.1) is 0 Å². The van der Waals surface area contributed by atoms with E-state index in [1.165, 1.54) is 12.1 Å². The van der Waals surface area contributed by atoms with E-state index in [2.05, 4.69) is 9.73 Å². The average molecular weight is 215 g/mol. The highest BCUT2D eigenvalue weighted by atomic mass is 19.3. The molecule has 0 aliphatic rings. The van der Waals surface area contributed by atoms with Crippen LogP contribution in [0.15, 0.2) is 29.3 Å². The standard InChI is InChI=1S/C9H11F2N3O/c10-8(11)15-7-3-1-6(2-4-7)5-14-9(12)13/h1-4,8H,5H2,(H4,12,13,14). The largest absolute Gasteiger partial charge is 0.435 e. The van der Waals surface area contributed by atoms with Crippen LogP contribution in [0.2, 0.25) is 0 Å². The lowest BCUT2D eigenvalue weighted by Gasteiger charge is -2.04. The molecule has 15 heavy (non-hydrogen) atoms. The molecule has 0 heterocycles. The average Bonchev–Trinajstić information content (AvgIpc) is 2.16. The zero-order chi connectivity index (χ0) is 11.3. The molecule has 0 aromatic heterocycles. The second-order valence-electron chi connectivity index (χ2n) is 2.76. The number of benzene rings is 1. The summed E-state index contributed by atoms with van der Waals surface area (Å²) in [5, 5.41) is 0. The number of alkyl halides is 2. The summed E-state index contributed by atoms with van der Waals surface area (Å²) >= 11 is 0. The van der Waals surface area contributed by atoms with Crippen LogP contribution >= 0.6 is 0 Å². The van der Waals surface area contributed by atoms with Crippen molar-refractivity contribution in [3.05, 3.63) is 29.8 Å². The first-order valence-corrected chi connectivity index (χ1v) is 4.17. The highest BCUT2D eigenvalue weighted by molar-refractivity contribution is 5.75. The first-order valence-electron chi connectivity index (χ1n) is 4.17. The van der Waals surface area contributed by atoms with Crippen LogP contribution in [0.1, 0.15) is 5.56 Å². The predicted octanol–water partition coefficient (Wildman–Crippen LogP) is 1.06. The van der Waals surface area contributed by atoms with Gasteiger partial charge in [0.05, 0.1) is 6.54 Å². The highest BCUT2D eigenvalue weighted by Crippen LogP contribution is 2.15. The Hall–Kier alpha value is -1.85. The maximum Gasteiger partial charge on any atom is 0.387 e. The van der Waals surface area contributed by atoms with Crippen molar-refractivity contribution in [3.8, 4) is 5.75 Å². The summed E-state index contributed by atoms with van der Waals surface area (Å²) < 4.78 is 27.8. The molecule has 0 unspecified atom stereocenters. The Morgan fingerprint density at radius 3 is 2.33 bits per heavy atom. The van der Waals surface area contributed by atoms with E-state index in [0.717, 1.165) is 5.56 Å². The lowest BCUT2D eigenvalue weighted by molar-refractivity contribution is -0.0498. The quantitative estimate of drug-likeness (QED) is 0.582. The summed E-state index contributed by atoms with van der Waals surface area (Å²) in [5.74, 6) is 0.0985. The molecule has 0 spiro atoms. The molecule has 0 saturated heterocycles. The minimum Gasteiger partial charge on any atom is -0.435 e. The predicted molar refractivity (Wildman–Crippen MR) is 52.6 cm³/mol. The van der Waals surface area contributed by atoms with Crippen molar-refractivity contribution < 1.29 is 13.5 Å². The van der Waals surface area contributed by atoms with Gasteiger partial charge in [0.2, 0.25) is 0 Å². The number of nitrogens with zero attached hydrogens (tertiary/aromatic N) is 1. The van der Waals surface area contributed by atoms with Gasteiger partial charge in [-0.2, -0.15) is 8.78 Å². The number of ether oxygens (including phenoxy) is 1. The van der Waals surface area contributed by atoms with Gasteiger partial charge in [0.15, 0.2) is 5.96 Å². The van der Waals surface area contributed by atoms with E-state index >= 15 is 0 Å². The summed E-state index contributed by atoms with van der Waals surface area (Å²) in [7, 11) is 0. The van der Waals surface area contributed by atoms with Gasteiger partial charge in [0.25, 0.3) is 0 Å². The summed E-state index contributed by atoms with van der Waals surface area (Å²) in [5.41, 5.74) is 11.1. The van der Waals surface area contributed by atoms with Crippen LogP contribution in [-0.4, -0.2) is 12.6 Å². The lowest BCUT2D eigenvalue weighted by Crippen LogP contribution is -2.22. The van der Waals surface area contributed by atoms with Gasteiger partial charge in [0.1, 0.15) is 5.75 Å². The Bertz CT molecular complexity index is 334. The van der Waals surface area contributed by atoms with Crippen molar-refractivity contribution in [2.24, 2.45) is 16.5 Å². The molecule has 0 amide bonds. The minimum atomic E-state index is -2.81. The number of guanidine groups is 1. The van der Waals surface area contributed by atoms with Crippen LogP contribution in [0.5, 0.6) is 5.75 Å². The van der Waals surface area contributed by atoms with E-state index in [-0.39, 0.29) is 11.7 Å². The van der Waals surface area contributed by atoms with Gasteiger partial charge in [-0.3, -0.25) is 0 Å². The Balaban J connectivity index is 2.60. The van der Waals surface area contributed by atoms with E-state index < -0.39 is 6.61 Å². The SMILES string of the molecule is NC(N)=NCc1ccc(OC(F)F)cc1. The zero-order valence-electron chi connectivity index (χ0n) is 7.86. The Morgan fingerprint density at radius 2 is 1.87 bits per heavy atom. The Morgan fingerprint density at radius 1 is 1.27 bits per heavy atom. The molecule has 82 valence electrons. The monoisotopic (exact) mass is 215 g/mol. The highest BCUT2D eigenvalue weighted by Gasteiger charge is 2.03. The topological polar surface area (TPSA) is 73.6 Å². The molecule has 1 aromatic rings. The van der Waals surface area contributed by atoms with Gasteiger partial charge >= 0.3 is 6.61 Å².